The monoisotopic (exact) mass is 283 g/mol. The standard InChI is InChI=1S/C11H17N5O4/c1-20-7-2-8-9(10(17)18)13-14-16(8)6-5-15-4-3-12-11(15)19/h2-7H2,1H3,(H,12,19)(H,17,18). The molecule has 20 heavy (non-hydrogen) atoms. The van der Waals surface area contributed by atoms with E-state index in [1.807, 2.05) is 0 Å². The Morgan fingerprint density at radius 3 is 2.90 bits per heavy atom. The average molecular weight is 283 g/mol. The van der Waals surface area contributed by atoms with Crippen LogP contribution in [0.4, 0.5) is 4.79 Å². The molecule has 1 saturated heterocycles. The number of carboxylic acids is 1. The zero-order chi connectivity index (χ0) is 14.5. The molecule has 1 aliphatic heterocycles. The summed E-state index contributed by atoms with van der Waals surface area (Å²) in [6.45, 7) is 2.54. The molecule has 2 amide bonds. The van der Waals surface area contributed by atoms with E-state index in [0.29, 0.717) is 44.9 Å². The number of carboxylic acid groups (broad SMARTS) is 1. The Morgan fingerprint density at radius 1 is 1.50 bits per heavy atom. The highest BCUT2D eigenvalue weighted by atomic mass is 16.5. The SMILES string of the molecule is COCCc1c(C(=O)O)nnn1CCN1CCNC1=O. The molecule has 0 spiro atoms. The fraction of sp³-hybridized carbons (Fsp3) is 0.636. The molecular weight excluding hydrogens is 266 g/mol. The van der Waals surface area contributed by atoms with Crippen molar-refractivity contribution in [1.82, 2.24) is 25.2 Å². The van der Waals surface area contributed by atoms with Crippen molar-refractivity contribution in [2.24, 2.45) is 0 Å². The van der Waals surface area contributed by atoms with Crippen molar-refractivity contribution in [3.63, 3.8) is 0 Å². The third-order valence-electron chi connectivity index (χ3n) is 3.11. The van der Waals surface area contributed by atoms with Gasteiger partial charge in [-0.25, -0.2) is 14.3 Å². The highest BCUT2D eigenvalue weighted by Gasteiger charge is 2.22. The zero-order valence-corrected chi connectivity index (χ0v) is 11.2. The highest BCUT2D eigenvalue weighted by molar-refractivity contribution is 5.86. The van der Waals surface area contributed by atoms with E-state index >= 15 is 0 Å². The number of urea groups is 1. The van der Waals surface area contributed by atoms with Crippen LogP contribution < -0.4 is 5.32 Å². The number of methoxy groups -OCH3 is 1. The lowest BCUT2D eigenvalue weighted by Crippen LogP contribution is -2.31. The Kier molecular flexibility index (Phi) is 4.51. The minimum absolute atomic E-state index is 0.0621. The minimum atomic E-state index is -1.11. The number of hydrogen-bond acceptors (Lipinski definition) is 5. The summed E-state index contributed by atoms with van der Waals surface area (Å²) in [5, 5.41) is 19.3. The number of nitrogens with zero attached hydrogens (tertiary/aromatic N) is 4. The molecule has 9 heteroatoms. The van der Waals surface area contributed by atoms with Gasteiger partial charge in [0.2, 0.25) is 0 Å². The van der Waals surface area contributed by atoms with Gasteiger partial charge in [-0.05, 0) is 0 Å². The van der Waals surface area contributed by atoms with Crippen molar-refractivity contribution < 1.29 is 19.4 Å². The van der Waals surface area contributed by atoms with Crippen LogP contribution in [-0.4, -0.2) is 70.4 Å². The van der Waals surface area contributed by atoms with Crippen LogP contribution >= 0.6 is 0 Å². The Hall–Kier alpha value is -2.16. The van der Waals surface area contributed by atoms with E-state index in [-0.39, 0.29) is 11.7 Å². The van der Waals surface area contributed by atoms with Crippen molar-refractivity contribution in [2.75, 3.05) is 33.4 Å². The molecule has 1 aromatic heterocycles. The predicted molar refractivity (Wildman–Crippen MR) is 67.5 cm³/mol. The second kappa shape index (κ2) is 6.33. The molecule has 0 bridgehead atoms. The van der Waals surface area contributed by atoms with E-state index in [1.165, 1.54) is 4.68 Å². The highest BCUT2D eigenvalue weighted by Crippen LogP contribution is 2.08. The lowest BCUT2D eigenvalue weighted by atomic mass is 10.2. The molecule has 0 aliphatic carbocycles. The van der Waals surface area contributed by atoms with Crippen LogP contribution in [0.15, 0.2) is 0 Å². The Balaban J connectivity index is 2.06. The summed E-state index contributed by atoms with van der Waals surface area (Å²) >= 11 is 0. The second-order valence-corrected chi connectivity index (χ2v) is 4.37. The third kappa shape index (κ3) is 3.05. The first kappa shape index (κ1) is 14.3. The normalized spacial score (nSPS) is 14.7. The van der Waals surface area contributed by atoms with Crippen molar-refractivity contribution >= 4 is 12.0 Å². The molecule has 0 atom stereocenters. The van der Waals surface area contributed by atoms with Crippen LogP contribution in [0.5, 0.6) is 0 Å². The van der Waals surface area contributed by atoms with Gasteiger partial charge in [0.25, 0.3) is 0 Å². The van der Waals surface area contributed by atoms with Crippen molar-refractivity contribution in [3.05, 3.63) is 11.4 Å². The summed E-state index contributed by atoms with van der Waals surface area (Å²) in [4.78, 5) is 24.2. The van der Waals surface area contributed by atoms with Gasteiger partial charge < -0.3 is 20.1 Å². The fourth-order valence-corrected chi connectivity index (χ4v) is 2.06. The van der Waals surface area contributed by atoms with Crippen molar-refractivity contribution in [2.45, 2.75) is 13.0 Å². The maximum atomic E-state index is 11.4. The van der Waals surface area contributed by atoms with Gasteiger partial charge >= 0.3 is 12.0 Å². The molecule has 1 fully saturated rings. The van der Waals surface area contributed by atoms with Crippen LogP contribution in [0.25, 0.3) is 0 Å². The number of nitrogens with one attached hydrogen (secondary N) is 1. The van der Waals surface area contributed by atoms with E-state index in [2.05, 4.69) is 15.6 Å². The summed E-state index contributed by atoms with van der Waals surface area (Å²) in [6.07, 6.45) is 0.414. The molecule has 9 nitrogen and oxygen atoms in total. The average Bonchev–Trinajstić information content (AvgIpc) is 3.00. The number of aromatic carboxylic acids is 1. The molecule has 0 saturated carbocycles. The van der Waals surface area contributed by atoms with Gasteiger partial charge in [0.1, 0.15) is 0 Å². The van der Waals surface area contributed by atoms with Gasteiger partial charge in [-0.15, -0.1) is 5.10 Å². The lowest BCUT2D eigenvalue weighted by molar-refractivity contribution is 0.0688. The lowest BCUT2D eigenvalue weighted by Gasteiger charge is -2.14. The van der Waals surface area contributed by atoms with Gasteiger partial charge in [0, 0.05) is 33.2 Å². The summed E-state index contributed by atoms with van der Waals surface area (Å²) in [7, 11) is 1.54. The smallest absolute Gasteiger partial charge is 0.358 e. The molecule has 0 radical (unpaired) electrons. The molecule has 0 unspecified atom stereocenters. The third-order valence-corrected chi connectivity index (χ3v) is 3.11. The second-order valence-electron chi connectivity index (χ2n) is 4.37. The summed E-state index contributed by atoms with van der Waals surface area (Å²) < 4.78 is 6.49. The molecule has 1 aliphatic rings. The largest absolute Gasteiger partial charge is 0.476 e. The molecule has 2 rings (SSSR count). The van der Waals surface area contributed by atoms with Crippen LogP contribution in [0.1, 0.15) is 16.2 Å². The number of ether oxygens (including phenoxy) is 1. The quantitative estimate of drug-likeness (QED) is 0.677. The Morgan fingerprint density at radius 2 is 2.30 bits per heavy atom. The summed E-state index contributed by atoms with van der Waals surface area (Å²) in [5.74, 6) is -1.11. The van der Waals surface area contributed by atoms with Crippen molar-refractivity contribution in [3.8, 4) is 0 Å². The molecule has 0 aromatic carbocycles. The molecule has 1 aromatic rings. The Bertz CT molecular complexity index is 501. The summed E-state index contributed by atoms with van der Waals surface area (Å²) in [6, 6.07) is -0.109. The van der Waals surface area contributed by atoms with E-state index < -0.39 is 5.97 Å². The van der Waals surface area contributed by atoms with Gasteiger partial charge in [-0.2, -0.15) is 0 Å². The van der Waals surface area contributed by atoms with Crippen molar-refractivity contribution in [1.29, 1.82) is 0 Å². The van der Waals surface area contributed by atoms with E-state index in [1.54, 1.807) is 12.0 Å². The number of amides is 2. The number of aromatic nitrogens is 3. The first-order valence-electron chi connectivity index (χ1n) is 6.31. The maximum Gasteiger partial charge on any atom is 0.358 e. The van der Waals surface area contributed by atoms with E-state index in [0.717, 1.165) is 0 Å². The number of carbonyl (C=O) groups excluding carboxylic acids is 1. The van der Waals surface area contributed by atoms with Crippen LogP contribution in [0.2, 0.25) is 0 Å². The Labute approximate surface area is 115 Å². The van der Waals surface area contributed by atoms with Gasteiger partial charge in [0.05, 0.1) is 18.8 Å². The summed E-state index contributed by atoms with van der Waals surface area (Å²) in [5.41, 5.74) is 0.451. The van der Waals surface area contributed by atoms with Gasteiger partial charge in [0.15, 0.2) is 5.69 Å². The minimum Gasteiger partial charge on any atom is -0.476 e. The van der Waals surface area contributed by atoms with Crippen LogP contribution in [0, 0.1) is 0 Å². The van der Waals surface area contributed by atoms with Crippen LogP contribution in [-0.2, 0) is 17.7 Å². The molecule has 110 valence electrons. The molecule has 2 N–H and O–H groups in total. The van der Waals surface area contributed by atoms with Gasteiger partial charge in [-0.1, -0.05) is 5.21 Å². The molecular formula is C11H17N5O4. The van der Waals surface area contributed by atoms with Crippen LogP contribution in [0.3, 0.4) is 0 Å². The van der Waals surface area contributed by atoms with E-state index in [4.69, 9.17) is 9.84 Å². The van der Waals surface area contributed by atoms with Gasteiger partial charge in [-0.3, -0.25) is 0 Å². The number of carbonyl (C=O) groups is 2. The number of rotatable bonds is 7. The number of hydrogen-bond donors (Lipinski definition) is 2. The van der Waals surface area contributed by atoms with E-state index in [9.17, 15) is 9.59 Å². The zero-order valence-electron chi connectivity index (χ0n) is 11.2. The topological polar surface area (TPSA) is 110 Å². The maximum absolute atomic E-state index is 11.4. The first-order chi connectivity index (χ1) is 9.63. The first-order valence-corrected chi connectivity index (χ1v) is 6.31. The molecule has 2 heterocycles. The predicted octanol–water partition coefficient (Wildman–Crippen LogP) is -0.810. The fourth-order valence-electron chi connectivity index (χ4n) is 2.06.